The van der Waals surface area contributed by atoms with Gasteiger partial charge in [0.2, 0.25) is 0 Å². The van der Waals surface area contributed by atoms with Crippen LogP contribution in [-0.4, -0.2) is 19.0 Å². The first-order chi connectivity index (χ1) is 12.0. The van der Waals surface area contributed by atoms with E-state index >= 15 is 0 Å². The number of amides is 1. The summed E-state index contributed by atoms with van der Waals surface area (Å²) in [7, 11) is -1.55. The van der Waals surface area contributed by atoms with E-state index in [0.29, 0.717) is 5.69 Å². The highest BCUT2D eigenvalue weighted by Gasteiger charge is 2.31. The van der Waals surface area contributed by atoms with Crippen molar-refractivity contribution in [2.45, 2.75) is 32.7 Å². The van der Waals surface area contributed by atoms with Crippen LogP contribution in [0.5, 0.6) is 0 Å². The fraction of sp³-hybridized carbons (Fsp3) is 0.263. The van der Waals surface area contributed by atoms with Crippen molar-refractivity contribution in [3.63, 3.8) is 0 Å². The molecule has 0 aliphatic carbocycles. The van der Waals surface area contributed by atoms with Crippen molar-refractivity contribution in [2.24, 2.45) is 0 Å². The van der Waals surface area contributed by atoms with E-state index in [0.717, 1.165) is 29.5 Å². The summed E-state index contributed by atoms with van der Waals surface area (Å²) in [6.07, 6.45) is -3.56. The first-order valence-electron chi connectivity index (χ1n) is 7.94. The van der Waals surface area contributed by atoms with Crippen LogP contribution in [-0.2, 0) is 6.18 Å². The molecule has 0 bridgehead atoms. The minimum Gasteiger partial charge on any atom is -0.321 e. The first-order valence-corrected chi connectivity index (χ1v) is 11.4. The zero-order valence-corrected chi connectivity index (χ0v) is 16.0. The molecule has 0 atom stereocenters. The summed E-state index contributed by atoms with van der Waals surface area (Å²) in [6, 6.07) is 6.76. The predicted octanol–water partition coefficient (Wildman–Crippen LogP) is 4.89. The van der Waals surface area contributed by atoms with Crippen LogP contribution in [0.2, 0.25) is 19.6 Å². The van der Waals surface area contributed by atoms with Gasteiger partial charge in [0.05, 0.1) is 5.56 Å². The van der Waals surface area contributed by atoms with E-state index in [4.69, 9.17) is 0 Å². The van der Waals surface area contributed by atoms with Crippen LogP contribution in [0.1, 0.15) is 27.2 Å². The van der Waals surface area contributed by atoms with Gasteiger partial charge in [-0.1, -0.05) is 31.6 Å². The molecule has 2 aromatic rings. The van der Waals surface area contributed by atoms with E-state index in [-0.39, 0.29) is 5.69 Å². The highest BCUT2D eigenvalue weighted by molar-refractivity contribution is 6.83. The minimum atomic E-state index is -4.53. The molecular formula is C19H19F3N2OSi. The van der Waals surface area contributed by atoms with E-state index < -0.39 is 25.7 Å². The van der Waals surface area contributed by atoms with Gasteiger partial charge in [0, 0.05) is 17.4 Å². The normalized spacial score (nSPS) is 11.5. The molecule has 1 heterocycles. The molecular weight excluding hydrogens is 357 g/mol. The van der Waals surface area contributed by atoms with Crippen molar-refractivity contribution in [1.82, 2.24) is 4.98 Å². The van der Waals surface area contributed by atoms with E-state index in [2.05, 4.69) is 41.4 Å². The molecule has 0 saturated carbocycles. The second kappa shape index (κ2) is 7.34. The smallest absolute Gasteiger partial charge is 0.321 e. The average molecular weight is 376 g/mol. The molecule has 0 radical (unpaired) electrons. The van der Waals surface area contributed by atoms with Crippen LogP contribution >= 0.6 is 0 Å². The third kappa shape index (κ3) is 5.46. The van der Waals surface area contributed by atoms with Crippen molar-refractivity contribution in [2.75, 3.05) is 5.32 Å². The third-order valence-electron chi connectivity index (χ3n) is 3.39. The van der Waals surface area contributed by atoms with Gasteiger partial charge in [0.15, 0.2) is 0 Å². The molecule has 0 saturated heterocycles. The maximum atomic E-state index is 12.8. The van der Waals surface area contributed by atoms with E-state index in [1.54, 1.807) is 12.1 Å². The topological polar surface area (TPSA) is 42.0 Å². The maximum Gasteiger partial charge on any atom is 0.416 e. The Morgan fingerprint density at radius 1 is 1.15 bits per heavy atom. The fourth-order valence-corrected chi connectivity index (χ4v) is 2.53. The van der Waals surface area contributed by atoms with E-state index in [1.165, 1.54) is 0 Å². The number of aromatic nitrogens is 1. The van der Waals surface area contributed by atoms with Crippen molar-refractivity contribution < 1.29 is 18.0 Å². The van der Waals surface area contributed by atoms with E-state index in [1.807, 2.05) is 13.0 Å². The molecule has 1 aromatic heterocycles. The number of benzene rings is 1. The molecule has 26 heavy (non-hydrogen) atoms. The zero-order valence-electron chi connectivity index (χ0n) is 15.0. The Balaban J connectivity index is 2.26. The molecule has 0 unspecified atom stereocenters. The largest absolute Gasteiger partial charge is 0.416 e. The lowest BCUT2D eigenvalue weighted by molar-refractivity contribution is -0.137. The number of carbonyl (C=O) groups is 1. The summed E-state index contributed by atoms with van der Waals surface area (Å²) >= 11 is 0. The van der Waals surface area contributed by atoms with Gasteiger partial charge >= 0.3 is 6.18 Å². The van der Waals surface area contributed by atoms with Crippen LogP contribution in [0, 0.1) is 18.4 Å². The summed E-state index contributed by atoms with van der Waals surface area (Å²) < 4.78 is 38.3. The number of rotatable bonds is 2. The fourth-order valence-electron chi connectivity index (χ4n) is 2.02. The van der Waals surface area contributed by atoms with Gasteiger partial charge in [0.1, 0.15) is 13.8 Å². The number of alkyl halides is 3. The van der Waals surface area contributed by atoms with Crippen LogP contribution in [0.15, 0.2) is 36.5 Å². The van der Waals surface area contributed by atoms with Crippen LogP contribution in [0.3, 0.4) is 0 Å². The number of nitrogens with zero attached hydrogens (tertiary/aromatic N) is 1. The Bertz CT molecular complexity index is 890. The summed E-state index contributed by atoms with van der Waals surface area (Å²) in [6.45, 7) is 8.29. The SMILES string of the molecule is Cc1ccc(NC(=O)c2cc(C(F)(F)F)ccn2)cc1C#C[Si](C)(C)C. The maximum absolute atomic E-state index is 12.8. The van der Waals surface area contributed by atoms with Gasteiger partial charge < -0.3 is 5.32 Å². The summed E-state index contributed by atoms with van der Waals surface area (Å²) in [5, 5.41) is 2.58. The summed E-state index contributed by atoms with van der Waals surface area (Å²) in [5.41, 5.74) is 4.25. The molecule has 136 valence electrons. The number of anilines is 1. The van der Waals surface area contributed by atoms with Gasteiger partial charge in [-0.3, -0.25) is 9.78 Å². The Kier molecular flexibility index (Phi) is 5.57. The van der Waals surface area contributed by atoms with Crippen LogP contribution in [0.25, 0.3) is 0 Å². The van der Waals surface area contributed by atoms with Gasteiger partial charge in [-0.05, 0) is 36.8 Å². The van der Waals surface area contributed by atoms with Crippen LogP contribution < -0.4 is 5.32 Å². The highest BCUT2D eigenvalue weighted by atomic mass is 28.3. The average Bonchev–Trinajstić information content (AvgIpc) is 2.54. The summed E-state index contributed by atoms with van der Waals surface area (Å²) in [5.74, 6) is 2.43. The number of pyridine rings is 1. The lowest BCUT2D eigenvalue weighted by atomic mass is 10.1. The Morgan fingerprint density at radius 2 is 1.85 bits per heavy atom. The first kappa shape index (κ1) is 19.7. The number of nitrogens with one attached hydrogen (secondary N) is 1. The Morgan fingerprint density at radius 3 is 2.46 bits per heavy atom. The van der Waals surface area contributed by atoms with Crippen molar-refractivity contribution in [3.05, 3.63) is 58.9 Å². The Hall–Kier alpha value is -2.59. The molecule has 0 aliphatic heterocycles. The molecule has 1 N–H and O–H groups in total. The third-order valence-corrected chi connectivity index (χ3v) is 4.26. The van der Waals surface area contributed by atoms with Gasteiger partial charge in [-0.15, -0.1) is 5.54 Å². The molecule has 3 nitrogen and oxygen atoms in total. The molecule has 1 amide bonds. The standard InChI is InChI=1S/C19H19F3N2OSi/c1-13-5-6-16(11-14(13)8-10-26(2,3)4)24-18(25)17-12-15(7-9-23-17)19(20,21)22/h5-7,9,11-12H,1-4H3,(H,24,25). The molecule has 0 spiro atoms. The van der Waals surface area contributed by atoms with Crippen molar-refractivity contribution >= 4 is 19.7 Å². The van der Waals surface area contributed by atoms with Crippen LogP contribution in [0.4, 0.5) is 18.9 Å². The second-order valence-corrected chi connectivity index (χ2v) is 11.7. The van der Waals surface area contributed by atoms with Crippen molar-refractivity contribution in [3.8, 4) is 11.5 Å². The van der Waals surface area contributed by atoms with Gasteiger partial charge in [-0.25, -0.2) is 0 Å². The summed E-state index contributed by atoms with van der Waals surface area (Å²) in [4.78, 5) is 16.0. The minimum absolute atomic E-state index is 0.296. The zero-order chi connectivity index (χ0) is 19.5. The monoisotopic (exact) mass is 376 g/mol. The number of halogens is 3. The molecule has 0 aliphatic rings. The molecule has 2 rings (SSSR count). The van der Waals surface area contributed by atoms with Crippen molar-refractivity contribution in [1.29, 1.82) is 0 Å². The number of hydrogen-bond donors (Lipinski definition) is 1. The second-order valence-electron chi connectivity index (χ2n) is 6.91. The predicted molar refractivity (Wildman–Crippen MR) is 98.6 cm³/mol. The van der Waals surface area contributed by atoms with E-state index in [9.17, 15) is 18.0 Å². The van der Waals surface area contributed by atoms with Gasteiger partial charge in [0.25, 0.3) is 5.91 Å². The number of carbonyl (C=O) groups excluding carboxylic acids is 1. The molecule has 1 aromatic carbocycles. The quantitative estimate of drug-likeness (QED) is 0.599. The van der Waals surface area contributed by atoms with Gasteiger partial charge in [-0.2, -0.15) is 13.2 Å². The lowest BCUT2D eigenvalue weighted by Crippen LogP contribution is -2.16. The lowest BCUT2D eigenvalue weighted by Gasteiger charge is -2.10. The number of hydrogen-bond acceptors (Lipinski definition) is 2. The molecule has 7 heteroatoms. The Labute approximate surface area is 151 Å². The highest BCUT2D eigenvalue weighted by Crippen LogP contribution is 2.29. The molecule has 0 fully saturated rings. The number of aryl methyl sites for hydroxylation is 1.